The van der Waals surface area contributed by atoms with Crippen LogP contribution in [0.4, 0.5) is 0 Å². The van der Waals surface area contributed by atoms with Crippen molar-refractivity contribution in [3.63, 3.8) is 0 Å². The van der Waals surface area contributed by atoms with Crippen molar-refractivity contribution < 1.29 is 4.79 Å². The van der Waals surface area contributed by atoms with Crippen LogP contribution in [-0.4, -0.2) is 34.3 Å². The Morgan fingerprint density at radius 2 is 2.29 bits per heavy atom. The zero-order chi connectivity index (χ0) is 12.3. The number of nitrogens with zero attached hydrogens (tertiary/aromatic N) is 2. The summed E-state index contributed by atoms with van der Waals surface area (Å²) in [5, 5.41) is 0. The van der Waals surface area contributed by atoms with E-state index < -0.39 is 0 Å². The highest BCUT2D eigenvalue weighted by Crippen LogP contribution is 2.26. The van der Waals surface area contributed by atoms with Crippen LogP contribution < -0.4 is 0 Å². The fourth-order valence-corrected chi connectivity index (χ4v) is 2.48. The third-order valence-corrected chi connectivity index (χ3v) is 3.66. The largest absolute Gasteiger partial charge is 0.334 e. The van der Waals surface area contributed by atoms with E-state index >= 15 is 0 Å². The van der Waals surface area contributed by atoms with E-state index in [1.165, 1.54) is 6.42 Å². The van der Waals surface area contributed by atoms with E-state index in [4.69, 9.17) is 11.6 Å². The quantitative estimate of drug-likeness (QED) is 0.800. The molecule has 0 saturated heterocycles. The Morgan fingerprint density at radius 1 is 1.53 bits per heavy atom. The van der Waals surface area contributed by atoms with Crippen LogP contribution in [0, 0.1) is 0 Å². The van der Waals surface area contributed by atoms with E-state index in [1.54, 1.807) is 18.5 Å². The van der Waals surface area contributed by atoms with Crippen molar-refractivity contribution in [2.24, 2.45) is 0 Å². The van der Waals surface area contributed by atoms with E-state index in [1.807, 2.05) is 4.90 Å². The predicted molar refractivity (Wildman–Crippen MR) is 71.3 cm³/mol. The lowest BCUT2D eigenvalue weighted by atomic mass is 9.91. The fraction of sp³-hybridized carbons (Fsp3) is 0.500. The van der Waals surface area contributed by atoms with Crippen molar-refractivity contribution >= 4 is 33.4 Å². The monoisotopic (exact) mass is 316 g/mol. The number of amides is 1. The summed E-state index contributed by atoms with van der Waals surface area (Å²) in [6.07, 6.45) is 6.65. The lowest BCUT2D eigenvalue weighted by Crippen LogP contribution is -2.45. The Kier molecular flexibility index (Phi) is 4.40. The molecule has 1 fully saturated rings. The van der Waals surface area contributed by atoms with Crippen LogP contribution in [-0.2, 0) is 0 Å². The second-order valence-corrected chi connectivity index (χ2v) is 5.46. The summed E-state index contributed by atoms with van der Waals surface area (Å²) in [6, 6.07) is 2.16. The van der Waals surface area contributed by atoms with Crippen molar-refractivity contribution in [1.82, 2.24) is 9.88 Å². The zero-order valence-corrected chi connectivity index (χ0v) is 11.7. The molecule has 92 valence electrons. The molecule has 0 N–H and O–H groups in total. The number of aromatic nitrogens is 1. The minimum absolute atomic E-state index is 0.0316. The molecule has 3 nitrogen and oxygen atoms in total. The standard InChI is InChI=1S/C12H14BrClN2O/c13-10-6-9(7-15-8-10)12(17)16(5-4-14)11-2-1-3-11/h6-8,11H,1-5H2. The molecule has 1 saturated carbocycles. The smallest absolute Gasteiger partial charge is 0.255 e. The van der Waals surface area contributed by atoms with Gasteiger partial charge in [-0.25, -0.2) is 0 Å². The van der Waals surface area contributed by atoms with Gasteiger partial charge in [0, 0.05) is 35.3 Å². The van der Waals surface area contributed by atoms with Gasteiger partial charge in [0.25, 0.3) is 5.91 Å². The zero-order valence-electron chi connectivity index (χ0n) is 9.40. The maximum absolute atomic E-state index is 12.3. The van der Waals surface area contributed by atoms with Crippen LogP contribution in [0.3, 0.4) is 0 Å². The molecule has 0 aliphatic heterocycles. The van der Waals surface area contributed by atoms with E-state index in [-0.39, 0.29) is 5.91 Å². The third kappa shape index (κ3) is 2.99. The number of pyridine rings is 1. The summed E-state index contributed by atoms with van der Waals surface area (Å²) in [4.78, 5) is 18.2. The molecule has 1 aliphatic carbocycles. The molecule has 0 atom stereocenters. The van der Waals surface area contributed by atoms with Crippen molar-refractivity contribution in [3.8, 4) is 0 Å². The van der Waals surface area contributed by atoms with Gasteiger partial charge in [-0.2, -0.15) is 0 Å². The molecule has 1 heterocycles. The summed E-state index contributed by atoms with van der Waals surface area (Å²) >= 11 is 9.09. The highest BCUT2D eigenvalue weighted by molar-refractivity contribution is 9.10. The number of halogens is 2. The van der Waals surface area contributed by atoms with Crippen LogP contribution in [0.5, 0.6) is 0 Å². The summed E-state index contributed by atoms with van der Waals surface area (Å²) in [5.41, 5.74) is 0.622. The fourth-order valence-electron chi connectivity index (χ4n) is 1.93. The first-order chi connectivity index (χ1) is 8.22. The Bertz CT molecular complexity index is 409. The van der Waals surface area contributed by atoms with Crippen LogP contribution in [0.2, 0.25) is 0 Å². The predicted octanol–water partition coefficient (Wildman–Crippen LogP) is 3.08. The molecule has 2 rings (SSSR count). The van der Waals surface area contributed by atoms with Crippen LogP contribution in [0.25, 0.3) is 0 Å². The molecule has 0 spiro atoms. The Labute approximate surface area is 114 Å². The normalized spacial score (nSPS) is 15.4. The van der Waals surface area contributed by atoms with Crippen LogP contribution >= 0.6 is 27.5 Å². The van der Waals surface area contributed by atoms with Gasteiger partial charge in [-0.15, -0.1) is 11.6 Å². The van der Waals surface area contributed by atoms with Gasteiger partial charge in [0.2, 0.25) is 0 Å². The molecule has 1 amide bonds. The van der Waals surface area contributed by atoms with Gasteiger partial charge in [-0.3, -0.25) is 9.78 Å². The number of carbonyl (C=O) groups excluding carboxylic acids is 1. The first-order valence-corrected chi connectivity index (χ1v) is 7.02. The first-order valence-electron chi connectivity index (χ1n) is 5.70. The van der Waals surface area contributed by atoms with E-state index in [9.17, 15) is 4.79 Å². The van der Waals surface area contributed by atoms with Crippen molar-refractivity contribution in [2.75, 3.05) is 12.4 Å². The summed E-state index contributed by atoms with van der Waals surface area (Å²) < 4.78 is 0.822. The molecular formula is C12H14BrClN2O. The van der Waals surface area contributed by atoms with Crippen molar-refractivity contribution in [1.29, 1.82) is 0 Å². The van der Waals surface area contributed by atoms with Gasteiger partial charge in [-0.1, -0.05) is 0 Å². The maximum Gasteiger partial charge on any atom is 0.255 e. The summed E-state index contributed by atoms with van der Waals surface area (Å²) in [5.74, 6) is 0.507. The van der Waals surface area contributed by atoms with Crippen LogP contribution in [0.1, 0.15) is 29.6 Å². The van der Waals surface area contributed by atoms with Gasteiger partial charge < -0.3 is 4.90 Å². The summed E-state index contributed by atoms with van der Waals surface area (Å²) in [7, 11) is 0. The van der Waals surface area contributed by atoms with Gasteiger partial charge in [-0.05, 0) is 41.3 Å². The number of rotatable bonds is 4. The molecule has 0 bridgehead atoms. The molecule has 1 aromatic heterocycles. The van der Waals surface area contributed by atoms with E-state index in [2.05, 4.69) is 20.9 Å². The van der Waals surface area contributed by atoms with Gasteiger partial charge in [0.1, 0.15) is 0 Å². The second kappa shape index (κ2) is 5.83. The topological polar surface area (TPSA) is 33.2 Å². The molecular weight excluding hydrogens is 304 g/mol. The van der Waals surface area contributed by atoms with Gasteiger partial charge in [0.15, 0.2) is 0 Å². The number of carbonyl (C=O) groups is 1. The van der Waals surface area contributed by atoms with E-state index in [0.717, 1.165) is 17.3 Å². The summed E-state index contributed by atoms with van der Waals surface area (Å²) in [6.45, 7) is 0.609. The van der Waals surface area contributed by atoms with E-state index in [0.29, 0.717) is 24.0 Å². The van der Waals surface area contributed by atoms with Crippen molar-refractivity contribution in [2.45, 2.75) is 25.3 Å². The molecule has 0 aromatic carbocycles. The SMILES string of the molecule is O=C(c1cncc(Br)c1)N(CCCl)C1CCC1. The number of hydrogen-bond donors (Lipinski definition) is 0. The molecule has 0 unspecified atom stereocenters. The minimum Gasteiger partial charge on any atom is -0.334 e. The average molecular weight is 318 g/mol. The van der Waals surface area contributed by atoms with Gasteiger partial charge in [0.05, 0.1) is 5.56 Å². The highest BCUT2D eigenvalue weighted by atomic mass is 79.9. The first kappa shape index (κ1) is 12.8. The Morgan fingerprint density at radius 3 is 2.82 bits per heavy atom. The number of alkyl halides is 1. The molecule has 5 heteroatoms. The third-order valence-electron chi connectivity index (χ3n) is 3.05. The lowest BCUT2D eigenvalue weighted by molar-refractivity contribution is 0.0597. The second-order valence-electron chi connectivity index (χ2n) is 4.16. The van der Waals surface area contributed by atoms with Crippen molar-refractivity contribution in [3.05, 3.63) is 28.5 Å². The minimum atomic E-state index is 0.0316. The lowest BCUT2D eigenvalue weighted by Gasteiger charge is -2.37. The number of hydrogen-bond acceptors (Lipinski definition) is 2. The molecule has 1 aromatic rings. The maximum atomic E-state index is 12.3. The van der Waals surface area contributed by atoms with Gasteiger partial charge >= 0.3 is 0 Å². The van der Waals surface area contributed by atoms with Crippen LogP contribution in [0.15, 0.2) is 22.9 Å². The average Bonchev–Trinajstić information content (AvgIpc) is 2.25. The highest BCUT2D eigenvalue weighted by Gasteiger charge is 2.29. The molecule has 17 heavy (non-hydrogen) atoms. The molecule has 0 radical (unpaired) electrons. The Hall–Kier alpha value is -0.610. The Balaban J connectivity index is 2.15. The molecule has 1 aliphatic rings.